The van der Waals surface area contributed by atoms with Crippen LogP contribution in [0.25, 0.3) is 0 Å². The fourth-order valence-electron chi connectivity index (χ4n) is 1.51. The molecule has 1 aromatic rings. The fourth-order valence-corrected chi connectivity index (χ4v) is 3.03. The van der Waals surface area contributed by atoms with Gasteiger partial charge in [0.2, 0.25) is 10.0 Å². The summed E-state index contributed by atoms with van der Waals surface area (Å²) in [5.41, 5.74) is 6.69. The summed E-state index contributed by atoms with van der Waals surface area (Å²) in [5, 5.41) is 0. The Morgan fingerprint density at radius 3 is 2.59 bits per heavy atom. The number of sulfonamides is 1. The molecule has 0 aliphatic rings. The summed E-state index contributed by atoms with van der Waals surface area (Å²) in [6.07, 6.45) is 0.936. The topological polar surface area (TPSA) is 72.2 Å². The molecule has 1 aromatic carbocycles. The van der Waals surface area contributed by atoms with Gasteiger partial charge >= 0.3 is 0 Å². The number of nitrogens with one attached hydrogen (secondary N) is 1. The molecule has 1 rings (SSSR count). The van der Waals surface area contributed by atoms with E-state index in [2.05, 4.69) is 4.72 Å². The fraction of sp³-hybridized carbons (Fsp3) is 0.500. The Hall–Kier alpha value is -1.07. The zero-order valence-corrected chi connectivity index (χ0v) is 11.3. The van der Waals surface area contributed by atoms with Crippen LogP contribution in [0.2, 0.25) is 0 Å². The smallest absolute Gasteiger partial charge is 0.242 e. The third-order valence-corrected chi connectivity index (χ3v) is 4.47. The molecule has 0 heterocycles. The molecular weight excluding hydrogens is 236 g/mol. The van der Waals surface area contributed by atoms with Gasteiger partial charge in [-0.1, -0.05) is 32.4 Å². The summed E-state index contributed by atoms with van der Waals surface area (Å²) in [4.78, 5) is 0.198. The van der Waals surface area contributed by atoms with Gasteiger partial charge in [-0.3, -0.25) is 0 Å². The van der Waals surface area contributed by atoms with Crippen LogP contribution in [0.15, 0.2) is 23.1 Å². The van der Waals surface area contributed by atoms with E-state index in [0.717, 1.165) is 6.42 Å². The first kappa shape index (κ1) is 14.0. The van der Waals surface area contributed by atoms with Crippen LogP contribution in [-0.2, 0) is 10.0 Å². The van der Waals surface area contributed by atoms with Crippen LogP contribution < -0.4 is 10.5 Å². The third-order valence-electron chi connectivity index (χ3n) is 2.83. The average Bonchev–Trinajstić information content (AvgIpc) is 2.25. The molecule has 0 amide bonds. The molecule has 5 heteroatoms. The predicted molar refractivity (Wildman–Crippen MR) is 70.2 cm³/mol. The monoisotopic (exact) mass is 256 g/mol. The van der Waals surface area contributed by atoms with Crippen molar-refractivity contribution in [2.45, 2.75) is 32.1 Å². The molecule has 0 radical (unpaired) electrons. The highest BCUT2D eigenvalue weighted by Crippen LogP contribution is 2.22. The average molecular weight is 256 g/mol. The van der Waals surface area contributed by atoms with Gasteiger partial charge in [0, 0.05) is 6.54 Å². The highest BCUT2D eigenvalue weighted by Gasteiger charge is 2.19. The lowest BCUT2D eigenvalue weighted by atomic mass is 10.1. The molecular formula is C12H20N2O2S. The summed E-state index contributed by atoms with van der Waals surface area (Å²) >= 11 is 0. The number of benzene rings is 1. The van der Waals surface area contributed by atoms with Gasteiger partial charge in [-0.05, 0) is 24.5 Å². The van der Waals surface area contributed by atoms with Crippen molar-refractivity contribution in [2.75, 3.05) is 12.3 Å². The molecule has 96 valence electrons. The maximum absolute atomic E-state index is 12.1. The minimum absolute atomic E-state index is 0.198. The number of aryl methyl sites for hydroxylation is 1. The number of hydrogen-bond donors (Lipinski definition) is 2. The van der Waals surface area contributed by atoms with Crippen LogP contribution in [0, 0.1) is 12.8 Å². The summed E-state index contributed by atoms with van der Waals surface area (Å²) in [5.74, 6) is 0.315. The van der Waals surface area contributed by atoms with Crippen LogP contribution in [0.4, 0.5) is 5.69 Å². The maximum Gasteiger partial charge on any atom is 0.242 e. The lowest BCUT2D eigenvalue weighted by Crippen LogP contribution is -2.29. The number of nitrogens with two attached hydrogens (primary N) is 1. The lowest BCUT2D eigenvalue weighted by Gasteiger charge is -2.13. The van der Waals surface area contributed by atoms with Gasteiger partial charge in [0.05, 0.1) is 5.69 Å². The van der Waals surface area contributed by atoms with E-state index in [9.17, 15) is 8.42 Å². The Morgan fingerprint density at radius 2 is 2.06 bits per heavy atom. The Morgan fingerprint density at radius 1 is 1.41 bits per heavy atom. The first-order valence-electron chi connectivity index (χ1n) is 5.73. The second-order valence-electron chi connectivity index (χ2n) is 4.36. The second kappa shape index (κ2) is 5.51. The number of nitrogen functional groups attached to an aromatic ring is 1. The molecule has 0 aliphatic carbocycles. The molecule has 4 nitrogen and oxygen atoms in total. The van der Waals surface area contributed by atoms with E-state index in [1.165, 1.54) is 0 Å². The largest absolute Gasteiger partial charge is 0.398 e. The van der Waals surface area contributed by atoms with E-state index in [1.807, 2.05) is 13.8 Å². The molecule has 0 bridgehead atoms. The quantitative estimate of drug-likeness (QED) is 0.790. The maximum atomic E-state index is 12.1. The van der Waals surface area contributed by atoms with Crippen molar-refractivity contribution in [3.8, 4) is 0 Å². The lowest BCUT2D eigenvalue weighted by molar-refractivity contribution is 0.528. The summed E-state index contributed by atoms with van der Waals surface area (Å²) < 4.78 is 26.8. The molecule has 17 heavy (non-hydrogen) atoms. The van der Waals surface area contributed by atoms with Crippen LogP contribution in [0.5, 0.6) is 0 Å². The van der Waals surface area contributed by atoms with Crippen LogP contribution in [0.3, 0.4) is 0 Å². The molecule has 1 unspecified atom stereocenters. The molecule has 0 fully saturated rings. The van der Waals surface area contributed by atoms with Crippen LogP contribution >= 0.6 is 0 Å². The Balaban J connectivity index is 2.98. The predicted octanol–water partition coefficient (Wildman–Crippen LogP) is 1.90. The van der Waals surface area contributed by atoms with Crippen LogP contribution in [0.1, 0.15) is 25.8 Å². The van der Waals surface area contributed by atoms with Crippen molar-refractivity contribution in [3.63, 3.8) is 0 Å². The zero-order valence-electron chi connectivity index (χ0n) is 10.5. The van der Waals surface area contributed by atoms with Gasteiger partial charge in [-0.15, -0.1) is 0 Å². The van der Waals surface area contributed by atoms with E-state index >= 15 is 0 Å². The van der Waals surface area contributed by atoms with Crippen molar-refractivity contribution >= 4 is 15.7 Å². The van der Waals surface area contributed by atoms with E-state index in [4.69, 9.17) is 5.73 Å². The molecule has 0 aliphatic heterocycles. The second-order valence-corrected chi connectivity index (χ2v) is 6.06. The SMILES string of the molecule is CCC(C)CNS(=O)(=O)c1c(C)cccc1N. The van der Waals surface area contributed by atoms with Gasteiger partial charge in [-0.2, -0.15) is 0 Å². The minimum atomic E-state index is -3.50. The highest BCUT2D eigenvalue weighted by molar-refractivity contribution is 7.89. The molecule has 0 aromatic heterocycles. The summed E-state index contributed by atoms with van der Waals surface area (Å²) in [7, 11) is -3.50. The van der Waals surface area contributed by atoms with Gasteiger partial charge < -0.3 is 5.73 Å². The first-order valence-corrected chi connectivity index (χ1v) is 7.21. The molecule has 0 saturated heterocycles. The van der Waals surface area contributed by atoms with Crippen molar-refractivity contribution in [3.05, 3.63) is 23.8 Å². The molecule has 0 saturated carbocycles. The van der Waals surface area contributed by atoms with Gasteiger partial charge in [0.25, 0.3) is 0 Å². The van der Waals surface area contributed by atoms with Crippen molar-refractivity contribution in [1.82, 2.24) is 4.72 Å². The summed E-state index contributed by atoms with van der Waals surface area (Å²) in [6.45, 7) is 6.21. The summed E-state index contributed by atoms with van der Waals surface area (Å²) in [6, 6.07) is 5.09. The normalized spacial score (nSPS) is 13.6. The zero-order chi connectivity index (χ0) is 13.1. The van der Waals surface area contributed by atoms with Crippen molar-refractivity contribution in [1.29, 1.82) is 0 Å². The molecule has 3 N–H and O–H groups in total. The van der Waals surface area contributed by atoms with Gasteiger partial charge in [-0.25, -0.2) is 13.1 Å². The number of anilines is 1. The minimum Gasteiger partial charge on any atom is -0.398 e. The Kier molecular flexibility index (Phi) is 4.54. The molecule has 0 spiro atoms. The standard InChI is InChI=1S/C12H20N2O2S/c1-4-9(2)8-14-17(15,16)12-10(3)6-5-7-11(12)13/h5-7,9,14H,4,8,13H2,1-3H3. The first-order chi connectivity index (χ1) is 7.88. The number of rotatable bonds is 5. The van der Waals surface area contributed by atoms with Crippen molar-refractivity contribution in [2.24, 2.45) is 5.92 Å². The van der Waals surface area contributed by atoms with E-state index in [1.54, 1.807) is 25.1 Å². The number of hydrogen-bond acceptors (Lipinski definition) is 3. The Bertz CT molecular complexity index is 463. The van der Waals surface area contributed by atoms with Crippen LogP contribution in [-0.4, -0.2) is 15.0 Å². The molecule has 1 atom stereocenters. The van der Waals surface area contributed by atoms with E-state index in [-0.39, 0.29) is 4.90 Å². The third kappa shape index (κ3) is 3.44. The highest BCUT2D eigenvalue weighted by atomic mass is 32.2. The van der Waals surface area contributed by atoms with E-state index < -0.39 is 10.0 Å². The van der Waals surface area contributed by atoms with Crippen molar-refractivity contribution < 1.29 is 8.42 Å². The Labute approximate surface area is 103 Å². The van der Waals surface area contributed by atoms with Gasteiger partial charge in [0.15, 0.2) is 0 Å². The van der Waals surface area contributed by atoms with Gasteiger partial charge in [0.1, 0.15) is 4.90 Å². The van der Waals surface area contributed by atoms with E-state index in [0.29, 0.717) is 23.7 Å².